The van der Waals surface area contributed by atoms with Gasteiger partial charge in [0.2, 0.25) is 0 Å². The average Bonchev–Trinajstić information content (AvgIpc) is 2.83. The van der Waals surface area contributed by atoms with Crippen molar-refractivity contribution < 1.29 is 18.7 Å². The molecule has 33 heavy (non-hydrogen) atoms. The molecule has 7 heteroatoms. The molecule has 1 atom stereocenters. The lowest BCUT2D eigenvalue weighted by Crippen LogP contribution is -2.33. The zero-order chi connectivity index (χ0) is 23.5. The first-order chi connectivity index (χ1) is 15.9. The van der Waals surface area contributed by atoms with Crippen molar-refractivity contribution in [3.63, 3.8) is 0 Å². The molecule has 4 aromatic rings. The molecule has 1 heterocycles. The quantitative estimate of drug-likeness (QED) is 0.459. The number of carbonyl (C=O) groups is 2. The highest BCUT2D eigenvalue weighted by Gasteiger charge is 2.26. The number of nitrogens with one attached hydrogen (secondary N) is 1. The number of rotatable bonds is 5. The Morgan fingerprint density at radius 2 is 1.52 bits per heavy atom. The number of carbonyl (C=O) groups excluding carboxylic acids is 2. The second kappa shape index (κ2) is 9.08. The van der Waals surface area contributed by atoms with E-state index in [4.69, 9.17) is 4.74 Å². The third kappa shape index (κ3) is 4.25. The Morgan fingerprint density at radius 1 is 0.909 bits per heavy atom. The Hall–Kier alpha value is -4.26. The van der Waals surface area contributed by atoms with Crippen LogP contribution >= 0.6 is 0 Å². The van der Waals surface area contributed by atoms with Crippen LogP contribution in [-0.4, -0.2) is 22.5 Å². The van der Waals surface area contributed by atoms with Crippen molar-refractivity contribution in [2.45, 2.75) is 13.0 Å². The molecule has 0 aliphatic carbocycles. The van der Waals surface area contributed by atoms with E-state index in [1.165, 1.54) is 36.7 Å². The van der Waals surface area contributed by atoms with Gasteiger partial charge in [-0.2, -0.15) is 0 Å². The number of hydrogen-bond acceptors (Lipinski definition) is 4. The second-order valence-corrected chi connectivity index (χ2v) is 7.52. The number of fused-ring (bicyclic) bond motifs is 1. The molecule has 0 aliphatic rings. The van der Waals surface area contributed by atoms with Crippen molar-refractivity contribution in [1.82, 2.24) is 4.57 Å². The predicted molar refractivity (Wildman–Crippen MR) is 125 cm³/mol. The number of pyridine rings is 1. The summed E-state index contributed by atoms with van der Waals surface area (Å²) >= 11 is 0. The SMILES string of the molecule is CC(OC(=O)c1c(-c2ccccc2)c2ccccc2c(=O)n1C)C(=O)Nc1ccccc1F. The first-order valence-electron chi connectivity index (χ1n) is 10.3. The molecule has 0 fully saturated rings. The molecular formula is C26H21FN2O4. The monoisotopic (exact) mass is 444 g/mol. The molecule has 0 aliphatic heterocycles. The number of esters is 1. The van der Waals surface area contributed by atoms with E-state index in [0.717, 1.165) is 5.56 Å². The zero-order valence-corrected chi connectivity index (χ0v) is 18.0. The molecule has 0 radical (unpaired) electrons. The Bertz CT molecular complexity index is 1410. The second-order valence-electron chi connectivity index (χ2n) is 7.52. The van der Waals surface area contributed by atoms with Crippen molar-refractivity contribution in [2.75, 3.05) is 5.32 Å². The Morgan fingerprint density at radius 3 is 2.21 bits per heavy atom. The summed E-state index contributed by atoms with van der Waals surface area (Å²) in [6, 6.07) is 21.9. The molecular weight excluding hydrogens is 423 g/mol. The van der Waals surface area contributed by atoms with E-state index in [1.54, 1.807) is 30.3 Å². The van der Waals surface area contributed by atoms with Crippen LogP contribution in [0.15, 0.2) is 83.7 Å². The number of amides is 1. The summed E-state index contributed by atoms with van der Waals surface area (Å²) in [6.07, 6.45) is -1.23. The van der Waals surface area contributed by atoms with Crippen molar-refractivity contribution in [2.24, 2.45) is 7.05 Å². The summed E-state index contributed by atoms with van der Waals surface area (Å²) in [4.78, 5) is 38.8. The fraction of sp³-hybridized carbons (Fsp3) is 0.115. The number of aromatic nitrogens is 1. The smallest absolute Gasteiger partial charge is 0.356 e. The highest BCUT2D eigenvalue weighted by Crippen LogP contribution is 2.31. The minimum atomic E-state index is -1.23. The van der Waals surface area contributed by atoms with E-state index in [-0.39, 0.29) is 16.9 Å². The van der Waals surface area contributed by atoms with E-state index in [1.807, 2.05) is 30.3 Å². The molecule has 0 saturated carbocycles. The summed E-state index contributed by atoms with van der Waals surface area (Å²) in [6.45, 7) is 1.38. The maximum absolute atomic E-state index is 13.9. The molecule has 1 unspecified atom stereocenters. The molecule has 4 rings (SSSR count). The Labute approximate surface area is 189 Å². The number of nitrogens with zero attached hydrogens (tertiary/aromatic N) is 1. The fourth-order valence-corrected chi connectivity index (χ4v) is 3.67. The van der Waals surface area contributed by atoms with Gasteiger partial charge in [0.05, 0.1) is 5.69 Å². The van der Waals surface area contributed by atoms with Gasteiger partial charge in [-0.05, 0) is 36.1 Å². The largest absolute Gasteiger partial charge is 0.448 e. The van der Waals surface area contributed by atoms with Gasteiger partial charge in [-0.25, -0.2) is 9.18 Å². The molecule has 1 N–H and O–H groups in total. The number of hydrogen-bond donors (Lipinski definition) is 1. The fourth-order valence-electron chi connectivity index (χ4n) is 3.67. The van der Waals surface area contributed by atoms with Gasteiger partial charge in [0.15, 0.2) is 6.10 Å². The summed E-state index contributed by atoms with van der Waals surface area (Å²) < 4.78 is 20.5. The molecule has 1 aromatic heterocycles. The van der Waals surface area contributed by atoms with Gasteiger partial charge in [-0.3, -0.25) is 9.59 Å². The molecule has 0 spiro atoms. The van der Waals surface area contributed by atoms with Crippen molar-refractivity contribution >= 4 is 28.3 Å². The highest BCUT2D eigenvalue weighted by molar-refractivity contribution is 6.07. The van der Waals surface area contributed by atoms with Crippen LogP contribution in [0.3, 0.4) is 0 Å². The summed E-state index contributed by atoms with van der Waals surface area (Å²) in [5, 5.41) is 3.47. The van der Waals surface area contributed by atoms with E-state index in [0.29, 0.717) is 16.3 Å². The molecule has 6 nitrogen and oxygen atoms in total. The lowest BCUT2D eigenvalue weighted by molar-refractivity contribution is -0.123. The topological polar surface area (TPSA) is 77.4 Å². The van der Waals surface area contributed by atoms with Crippen molar-refractivity contribution in [3.8, 4) is 11.1 Å². The van der Waals surface area contributed by atoms with Crippen LogP contribution in [0.25, 0.3) is 21.9 Å². The molecule has 0 bridgehead atoms. The van der Waals surface area contributed by atoms with E-state index >= 15 is 0 Å². The maximum atomic E-state index is 13.9. The maximum Gasteiger partial charge on any atom is 0.356 e. The number of ether oxygens (including phenoxy) is 1. The average molecular weight is 444 g/mol. The first-order valence-corrected chi connectivity index (χ1v) is 10.3. The van der Waals surface area contributed by atoms with Gasteiger partial charge >= 0.3 is 5.97 Å². The van der Waals surface area contributed by atoms with Crippen LogP contribution < -0.4 is 10.9 Å². The molecule has 0 saturated heterocycles. The third-order valence-corrected chi connectivity index (χ3v) is 5.34. The van der Waals surface area contributed by atoms with Crippen LogP contribution in [0.4, 0.5) is 10.1 Å². The van der Waals surface area contributed by atoms with Crippen molar-refractivity contribution in [3.05, 3.63) is 101 Å². The first kappa shape index (κ1) is 22.0. The summed E-state index contributed by atoms with van der Waals surface area (Å²) in [7, 11) is 1.49. The lowest BCUT2D eigenvalue weighted by Gasteiger charge is -2.19. The zero-order valence-electron chi connectivity index (χ0n) is 18.0. The van der Waals surface area contributed by atoms with Crippen LogP contribution in [0.5, 0.6) is 0 Å². The minimum absolute atomic E-state index is 0.0199. The third-order valence-electron chi connectivity index (χ3n) is 5.34. The molecule has 1 amide bonds. The highest BCUT2D eigenvalue weighted by atomic mass is 19.1. The Kier molecular flexibility index (Phi) is 6.04. The number of halogens is 1. The molecule has 166 valence electrons. The normalized spacial score (nSPS) is 11.7. The standard InChI is InChI=1S/C26H21FN2O4/c1-16(24(30)28-21-15-9-8-14-20(21)27)33-26(32)23-22(17-10-4-3-5-11-17)18-12-6-7-13-19(18)25(31)29(23)2/h3-16H,1-2H3,(H,28,30). The van der Waals surface area contributed by atoms with Gasteiger partial charge in [0.25, 0.3) is 11.5 Å². The van der Waals surface area contributed by atoms with E-state index < -0.39 is 23.8 Å². The van der Waals surface area contributed by atoms with E-state index in [9.17, 15) is 18.8 Å². The van der Waals surface area contributed by atoms with E-state index in [2.05, 4.69) is 5.32 Å². The summed E-state index contributed by atoms with van der Waals surface area (Å²) in [5.74, 6) is -2.14. The van der Waals surface area contributed by atoms with Crippen LogP contribution in [0, 0.1) is 5.82 Å². The minimum Gasteiger partial charge on any atom is -0.448 e. The van der Waals surface area contributed by atoms with Gasteiger partial charge in [0, 0.05) is 18.0 Å². The van der Waals surface area contributed by atoms with Crippen LogP contribution in [-0.2, 0) is 16.6 Å². The van der Waals surface area contributed by atoms with Crippen molar-refractivity contribution in [1.29, 1.82) is 0 Å². The van der Waals surface area contributed by atoms with Gasteiger partial charge in [-0.15, -0.1) is 0 Å². The predicted octanol–water partition coefficient (Wildman–Crippen LogP) is 4.53. The van der Waals surface area contributed by atoms with Gasteiger partial charge in [-0.1, -0.05) is 60.7 Å². The number of benzene rings is 3. The Balaban J connectivity index is 1.74. The van der Waals surface area contributed by atoms with Gasteiger partial charge < -0.3 is 14.6 Å². The van der Waals surface area contributed by atoms with Gasteiger partial charge in [0.1, 0.15) is 11.5 Å². The summed E-state index contributed by atoms with van der Waals surface area (Å²) in [5.41, 5.74) is 0.893. The lowest BCUT2D eigenvalue weighted by atomic mass is 9.97. The molecule has 3 aromatic carbocycles. The van der Waals surface area contributed by atoms with Crippen LogP contribution in [0.1, 0.15) is 17.4 Å². The van der Waals surface area contributed by atoms with Crippen LogP contribution in [0.2, 0.25) is 0 Å². The number of anilines is 1. The number of para-hydroxylation sites is 1.